The average molecular weight is 240 g/mol. The molecule has 0 radical (unpaired) electrons. The molecule has 1 atom stereocenters. The van der Waals surface area contributed by atoms with Gasteiger partial charge in [-0.25, -0.2) is 0 Å². The lowest BCUT2D eigenvalue weighted by Crippen LogP contribution is -2.47. The molecule has 4 heteroatoms. The van der Waals surface area contributed by atoms with Crippen molar-refractivity contribution in [2.75, 3.05) is 20.1 Å². The molecule has 1 aromatic rings. The summed E-state index contributed by atoms with van der Waals surface area (Å²) in [4.78, 5) is 2.06. The van der Waals surface area contributed by atoms with Crippen LogP contribution in [0.2, 0.25) is 0 Å². The van der Waals surface area contributed by atoms with E-state index in [0.29, 0.717) is 25.7 Å². The Kier molecular flexibility index (Phi) is 5.18. The molecular weight excluding hydrogens is 216 g/mol. The molecule has 0 aliphatic rings. The fraction of sp³-hybridized carbons (Fsp3) is 0.692. The second kappa shape index (κ2) is 6.19. The van der Waals surface area contributed by atoms with Gasteiger partial charge in [0.2, 0.25) is 0 Å². The molecule has 1 unspecified atom stereocenters. The molecule has 4 nitrogen and oxygen atoms in total. The summed E-state index contributed by atoms with van der Waals surface area (Å²) in [6.07, 6.45) is 1.67. The van der Waals surface area contributed by atoms with Crippen LogP contribution < -0.4 is 5.32 Å². The molecule has 1 aromatic heterocycles. The molecule has 0 spiro atoms. The van der Waals surface area contributed by atoms with E-state index in [1.54, 1.807) is 6.26 Å². The van der Waals surface area contributed by atoms with Crippen LogP contribution in [0.1, 0.15) is 26.5 Å². The van der Waals surface area contributed by atoms with Gasteiger partial charge in [0.1, 0.15) is 5.76 Å². The van der Waals surface area contributed by atoms with Crippen LogP contribution in [0.15, 0.2) is 22.8 Å². The molecule has 0 aliphatic heterocycles. The van der Waals surface area contributed by atoms with Gasteiger partial charge in [-0.05, 0) is 26.1 Å². The van der Waals surface area contributed by atoms with Gasteiger partial charge in [0.05, 0.1) is 18.4 Å². The third-order valence-electron chi connectivity index (χ3n) is 2.51. The molecular formula is C13H24N2O2. The Bertz CT molecular complexity index is 307. The first-order chi connectivity index (χ1) is 7.89. The Balaban J connectivity index is 2.35. The van der Waals surface area contributed by atoms with Gasteiger partial charge in [-0.3, -0.25) is 4.90 Å². The largest absolute Gasteiger partial charge is 0.468 e. The molecule has 0 bridgehead atoms. The summed E-state index contributed by atoms with van der Waals surface area (Å²) in [5.41, 5.74) is -0.731. The maximum Gasteiger partial charge on any atom is 0.117 e. The minimum Gasteiger partial charge on any atom is -0.468 e. The molecule has 2 N–H and O–H groups in total. The van der Waals surface area contributed by atoms with Gasteiger partial charge in [-0.15, -0.1) is 0 Å². The number of nitrogens with zero attached hydrogens (tertiary/aromatic N) is 1. The average Bonchev–Trinajstić information content (AvgIpc) is 2.66. The number of rotatable bonds is 7. The number of likely N-dealkylation sites (N-methyl/N-ethyl adjacent to an activating group) is 1. The SMILES string of the molecule is CC(C)NCC(C)(O)CN(C)Cc1ccco1. The van der Waals surface area contributed by atoms with Gasteiger partial charge < -0.3 is 14.8 Å². The summed E-state index contributed by atoms with van der Waals surface area (Å²) >= 11 is 0. The third kappa shape index (κ3) is 5.86. The summed E-state index contributed by atoms with van der Waals surface area (Å²) < 4.78 is 5.28. The van der Waals surface area contributed by atoms with E-state index in [9.17, 15) is 5.11 Å². The highest BCUT2D eigenvalue weighted by atomic mass is 16.3. The van der Waals surface area contributed by atoms with Crippen LogP contribution in [0, 0.1) is 0 Å². The molecule has 98 valence electrons. The van der Waals surface area contributed by atoms with Crippen LogP contribution in [-0.2, 0) is 6.54 Å². The van der Waals surface area contributed by atoms with Crippen molar-refractivity contribution in [1.29, 1.82) is 0 Å². The highest BCUT2D eigenvalue weighted by molar-refractivity contribution is 4.98. The number of hydrogen-bond acceptors (Lipinski definition) is 4. The van der Waals surface area contributed by atoms with E-state index < -0.39 is 5.60 Å². The van der Waals surface area contributed by atoms with E-state index in [1.807, 2.05) is 26.1 Å². The standard InChI is InChI=1S/C13H24N2O2/c1-11(2)14-9-13(3,16)10-15(4)8-12-6-5-7-17-12/h5-7,11,14,16H,8-10H2,1-4H3. The van der Waals surface area contributed by atoms with Crippen LogP contribution in [0.25, 0.3) is 0 Å². The maximum atomic E-state index is 10.2. The van der Waals surface area contributed by atoms with Crippen LogP contribution in [0.3, 0.4) is 0 Å². The summed E-state index contributed by atoms with van der Waals surface area (Å²) in [7, 11) is 1.98. The second-order valence-electron chi connectivity index (χ2n) is 5.28. The predicted molar refractivity (Wildman–Crippen MR) is 68.8 cm³/mol. The van der Waals surface area contributed by atoms with Crippen LogP contribution in [0.5, 0.6) is 0 Å². The van der Waals surface area contributed by atoms with Crippen LogP contribution in [0.4, 0.5) is 0 Å². The van der Waals surface area contributed by atoms with Crippen molar-refractivity contribution < 1.29 is 9.52 Å². The van der Waals surface area contributed by atoms with E-state index in [-0.39, 0.29) is 0 Å². The zero-order valence-electron chi connectivity index (χ0n) is 11.2. The van der Waals surface area contributed by atoms with Gasteiger partial charge in [0.25, 0.3) is 0 Å². The molecule has 1 rings (SSSR count). The van der Waals surface area contributed by atoms with Crippen molar-refractivity contribution in [1.82, 2.24) is 10.2 Å². The normalized spacial score (nSPS) is 15.5. The van der Waals surface area contributed by atoms with Crippen LogP contribution >= 0.6 is 0 Å². The quantitative estimate of drug-likeness (QED) is 0.757. The molecule has 0 saturated heterocycles. The monoisotopic (exact) mass is 240 g/mol. The fourth-order valence-corrected chi connectivity index (χ4v) is 1.79. The third-order valence-corrected chi connectivity index (χ3v) is 2.51. The van der Waals surface area contributed by atoms with E-state index in [0.717, 1.165) is 5.76 Å². The van der Waals surface area contributed by atoms with Crippen molar-refractivity contribution in [2.45, 2.75) is 39.0 Å². The molecule has 0 aliphatic carbocycles. The number of nitrogens with one attached hydrogen (secondary N) is 1. The minimum atomic E-state index is -0.731. The van der Waals surface area contributed by atoms with Gasteiger partial charge in [-0.2, -0.15) is 0 Å². The Morgan fingerprint density at radius 3 is 2.76 bits per heavy atom. The topological polar surface area (TPSA) is 48.6 Å². The Morgan fingerprint density at radius 2 is 2.24 bits per heavy atom. The molecule has 17 heavy (non-hydrogen) atoms. The van der Waals surface area contributed by atoms with Crippen molar-refractivity contribution in [2.24, 2.45) is 0 Å². The van der Waals surface area contributed by atoms with Crippen molar-refractivity contribution in [3.63, 3.8) is 0 Å². The number of aliphatic hydroxyl groups is 1. The summed E-state index contributed by atoms with van der Waals surface area (Å²) in [5, 5.41) is 13.5. The van der Waals surface area contributed by atoms with Gasteiger partial charge in [0.15, 0.2) is 0 Å². The maximum absolute atomic E-state index is 10.2. The molecule has 0 amide bonds. The highest BCUT2D eigenvalue weighted by Gasteiger charge is 2.22. The number of hydrogen-bond donors (Lipinski definition) is 2. The molecule has 0 saturated carbocycles. The Labute approximate surface area is 104 Å². The summed E-state index contributed by atoms with van der Waals surface area (Å²) in [6.45, 7) is 7.90. The van der Waals surface area contributed by atoms with Gasteiger partial charge in [-0.1, -0.05) is 13.8 Å². The fourth-order valence-electron chi connectivity index (χ4n) is 1.79. The zero-order chi connectivity index (χ0) is 12.9. The van der Waals surface area contributed by atoms with E-state index >= 15 is 0 Å². The Hall–Kier alpha value is -0.840. The second-order valence-corrected chi connectivity index (χ2v) is 5.28. The first-order valence-corrected chi connectivity index (χ1v) is 6.06. The molecule has 1 heterocycles. The van der Waals surface area contributed by atoms with Gasteiger partial charge in [0, 0.05) is 19.1 Å². The lowest BCUT2D eigenvalue weighted by molar-refractivity contribution is 0.0225. The lowest BCUT2D eigenvalue weighted by atomic mass is 10.1. The summed E-state index contributed by atoms with van der Waals surface area (Å²) in [6, 6.07) is 4.20. The first-order valence-electron chi connectivity index (χ1n) is 6.06. The smallest absolute Gasteiger partial charge is 0.117 e. The minimum absolute atomic E-state index is 0.386. The van der Waals surface area contributed by atoms with E-state index in [2.05, 4.69) is 24.1 Å². The summed E-state index contributed by atoms with van der Waals surface area (Å²) in [5.74, 6) is 0.917. The lowest BCUT2D eigenvalue weighted by Gasteiger charge is -2.29. The zero-order valence-corrected chi connectivity index (χ0v) is 11.2. The first kappa shape index (κ1) is 14.2. The Morgan fingerprint density at radius 1 is 1.53 bits per heavy atom. The van der Waals surface area contributed by atoms with Gasteiger partial charge >= 0.3 is 0 Å². The number of furan rings is 1. The molecule has 0 fully saturated rings. The van der Waals surface area contributed by atoms with Crippen molar-refractivity contribution in [3.05, 3.63) is 24.2 Å². The van der Waals surface area contributed by atoms with E-state index in [1.165, 1.54) is 0 Å². The molecule has 0 aromatic carbocycles. The van der Waals surface area contributed by atoms with Crippen molar-refractivity contribution >= 4 is 0 Å². The van der Waals surface area contributed by atoms with E-state index in [4.69, 9.17) is 4.42 Å². The highest BCUT2D eigenvalue weighted by Crippen LogP contribution is 2.09. The van der Waals surface area contributed by atoms with Crippen molar-refractivity contribution in [3.8, 4) is 0 Å². The van der Waals surface area contributed by atoms with Crippen LogP contribution in [-0.4, -0.2) is 41.8 Å². The predicted octanol–water partition coefficient (Wildman–Crippen LogP) is 1.46.